The minimum Gasteiger partial charge on any atom is -0.497 e. The topological polar surface area (TPSA) is 64.6 Å². The lowest BCUT2D eigenvalue weighted by Crippen LogP contribution is -2.33. The SMILES string of the molecule is COc1ccc([C@@H](NC(=O)COC(=O)CCc2ccccc2F)c2ccccc2)cc1. The first-order valence-electron chi connectivity index (χ1n) is 9.94. The number of carbonyl (C=O) groups is 2. The van der Waals surface area contributed by atoms with Gasteiger partial charge in [0.25, 0.3) is 5.91 Å². The van der Waals surface area contributed by atoms with Gasteiger partial charge in [-0.2, -0.15) is 0 Å². The molecule has 160 valence electrons. The summed E-state index contributed by atoms with van der Waals surface area (Å²) in [5.74, 6) is -0.632. The molecule has 0 heterocycles. The molecule has 0 saturated heterocycles. The van der Waals surface area contributed by atoms with Crippen molar-refractivity contribution in [2.75, 3.05) is 13.7 Å². The molecule has 3 aromatic rings. The van der Waals surface area contributed by atoms with E-state index >= 15 is 0 Å². The predicted molar refractivity (Wildman–Crippen MR) is 115 cm³/mol. The van der Waals surface area contributed by atoms with Crippen molar-refractivity contribution >= 4 is 11.9 Å². The van der Waals surface area contributed by atoms with Gasteiger partial charge in [0, 0.05) is 6.42 Å². The van der Waals surface area contributed by atoms with Crippen LogP contribution in [0, 0.1) is 5.82 Å². The van der Waals surface area contributed by atoms with E-state index in [-0.39, 0.29) is 18.7 Å². The van der Waals surface area contributed by atoms with Gasteiger partial charge < -0.3 is 14.8 Å². The first-order chi connectivity index (χ1) is 15.1. The van der Waals surface area contributed by atoms with Gasteiger partial charge in [-0.15, -0.1) is 0 Å². The van der Waals surface area contributed by atoms with Crippen LogP contribution in [0.4, 0.5) is 4.39 Å². The monoisotopic (exact) mass is 421 g/mol. The molecular weight excluding hydrogens is 397 g/mol. The Balaban J connectivity index is 1.58. The van der Waals surface area contributed by atoms with Crippen LogP contribution in [0.5, 0.6) is 5.75 Å². The maximum Gasteiger partial charge on any atom is 0.306 e. The average Bonchev–Trinajstić information content (AvgIpc) is 2.81. The minimum absolute atomic E-state index is 0.00515. The van der Waals surface area contributed by atoms with Crippen molar-refractivity contribution in [1.82, 2.24) is 5.32 Å². The molecule has 0 bridgehead atoms. The lowest BCUT2D eigenvalue weighted by molar-refractivity contribution is -0.148. The van der Waals surface area contributed by atoms with Crippen LogP contribution in [0.25, 0.3) is 0 Å². The quantitative estimate of drug-likeness (QED) is 0.526. The number of aryl methyl sites for hydroxylation is 1. The van der Waals surface area contributed by atoms with E-state index in [1.807, 2.05) is 54.6 Å². The Morgan fingerprint density at radius 1 is 0.903 bits per heavy atom. The molecule has 31 heavy (non-hydrogen) atoms. The minimum atomic E-state index is -0.556. The van der Waals surface area contributed by atoms with Crippen molar-refractivity contribution < 1.29 is 23.5 Å². The third-order valence-corrected chi connectivity index (χ3v) is 4.81. The normalized spacial score (nSPS) is 11.4. The summed E-state index contributed by atoms with van der Waals surface area (Å²) in [6.45, 7) is -0.407. The molecule has 0 aliphatic rings. The summed E-state index contributed by atoms with van der Waals surface area (Å²) in [5, 5.41) is 2.91. The fraction of sp³-hybridized carbons (Fsp3) is 0.200. The van der Waals surface area contributed by atoms with E-state index in [0.717, 1.165) is 11.1 Å². The maximum atomic E-state index is 13.6. The van der Waals surface area contributed by atoms with Crippen LogP contribution in [-0.2, 0) is 20.7 Å². The number of esters is 1. The summed E-state index contributed by atoms with van der Waals surface area (Å²) in [7, 11) is 1.59. The Kier molecular flexibility index (Phi) is 7.76. The van der Waals surface area contributed by atoms with Crippen molar-refractivity contribution in [3.8, 4) is 5.75 Å². The lowest BCUT2D eigenvalue weighted by Gasteiger charge is -2.20. The summed E-state index contributed by atoms with van der Waals surface area (Å²) < 4.78 is 23.9. The van der Waals surface area contributed by atoms with Crippen LogP contribution in [0.15, 0.2) is 78.9 Å². The number of benzene rings is 3. The summed E-state index contributed by atoms with van der Waals surface area (Å²) in [5.41, 5.74) is 2.20. The molecule has 0 unspecified atom stereocenters. The maximum absolute atomic E-state index is 13.6. The van der Waals surface area contributed by atoms with Gasteiger partial charge in [-0.05, 0) is 41.3 Å². The first kappa shape index (κ1) is 22.0. The number of nitrogens with one attached hydrogen (secondary N) is 1. The van der Waals surface area contributed by atoms with Crippen molar-refractivity contribution in [3.63, 3.8) is 0 Å². The molecule has 6 heteroatoms. The molecule has 0 aliphatic carbocycles. The third kappa shape index (κ3) is 6.40. The van der Waals surface area contributed by atoms with Gasteiger partial charge in [0.15, 0.2) is 6.61 Å². The van der Waals surface area contributed by atoms with Crippen molar-refractivity contribution in [1.29, 1.82) is 0 Å². The largest absolute Gasteiger partial charge is 0.497 e. The highest BCUT2D eigenvalue weighted by Crippen LogP contribution is 2.24. The number of ether oxygens (including phenoxy) is 2. The number of rotatable bonds is 9. The molecule has 1 N–H and O–H groups in total. The molecule has 1 amide bonds. The Morgan fingerprint density at radius 2 is 1.55 bits per heavy atom. The third-order valence-electron chi connectivity index (χ3n) is 4.81. The second-order valence-corrected chi connectivity index (χ2v) is 6.94. The van der Waals surface area contributed by atoms with Gasteiger partial charge in [-0.1, -0.05) is 60.7 Å². The van der Waals surface area contributed by atoms with E-state index in [9.17, 15) is 14.0 Å². The molecule has 0 aromatic heterocycles. The van der Waals surface area contributed by atoms with Crippen LogP contribution < -0.4 is 10.1 Å². The second kappa shape index (κ2) is 10.9. The fourth-order valence-corrected chi connectivity index (χ4v) is 3.16. The van der Waals surface area contributed by atoms with Gasteiger partial charge in [0.05, 0.1) is 13.2 Å². The molecule has 3 aromatic carbocycles. The Labute approximate surface area is 180 Å². The highest BCUT2D eigenvalue weighted by atomic mass is 19.1. The zero-order valence-electron chi connectivity index (χ0n) is 17.2. The molecule has 0 saturated carbocycles. The number of methoxy groups -OCH3 is 1. The average molecular weight is 421 g/mol. The second-order valence-electron chi connectivity index (χ2n) is 6.94. The fourth-order valence-electron chi connectivity index (χ4n) is 3.16. The zero-order valence-corrected chi connectivity index (χ0v) is 17.2. The van der Waals surface area contributed by atoms with E-state index in [1.54, 1.807) is 25.3 Å². The summed E-state index contributed by atoms with van der Waals surface area (Å²) in [6, 6.07) is 22.7. The molecule has 0 spiro atoms. The summed E-state index contributed by atoms with van der Waals surface area (Å²) in [4.78, 5) is 24.5. The molecule has 5 nitrogen and oxygen atoms in total. The molecule has 1 atom stereocenters. The van der Waals surface area contributed by atoms with Gasteiger partial charge >= 0.3 is 5.97 Å². The Bertz CT molecular complexity index is 1010. The van der Waals surface area contributed by atoms with Crippen LogP contribution >= 0.6 is 0 Å². The zero-order chi connectivity index (χ0) is 22.1. The van der Waals surface area contributed by atoms with Gasteiger partial charge in [-0.3, -0.25) is 9.59 Å². The Morgan fingerprint density at radius 3 is 2.23 bits per heavy atom. The van der Waals surface area contributed by atoms with E-state index in [4.69, 9.17) is 9.47 Å². The van der Waals surface area contributed by atoms with E-state index < -0.39 is 24.5 Å². The van der Waals surface area contributed by atoms with Crippen LogP contribution in [-0.4, -0.2) is 25.6 Å². The summed E-state index contributed by atoms with van der Waals surface area (Å²) in [6.07, 6.45) is 0.209. The van der Waals surface area contributed by atoms with E-state index in [0.29, 0.717) is 11.3 Å². The van der Waals surface area contributed by atoms with Crippen LogP contribution in [0.1, 0.15) is 29.2 Å². The van der Waals surface area contributed by atoms with Crippen LogP contribution in [0.3, 0.4) is 0 Å². The molecule has 0 radical (unpaired) electrons. The number of carbonyl (C=O) groups excluding carboxylic acids is 2. The van der Waals surface area contributed by atoms with E-state index in [2.05, 4.69) is 5.32 Å². The lowest BCUT2D eigenvalue weighted by atomic mass is 9.98. The molecule has 3 rings (SSSR count). The van der Waals surface area contributed by atoms with Gasteiger partial charge in [0.2, 0.25) is 0 Å². The van der Waals surface area contributed by atoms with Crippen molar-refractivity contribution in [2.24, 2.45) is 0 Å². The number of amides is 1. The standard InChI is InChI=1S/C25H24FNO4/c1-30-21-14-11-20(12-15-21)25(19-8-3-2-4-9-19)27-23(28)17-31-24(29)16-13-18-7-5-6-10-22(18)26/h2-12,14-15,25H,13,16-17H2,1H3,(H,27,28)/t25-/m0/s1. The first-order valence-corrected chi connectivity index (χ1v) is 9.94. The number of halogens is 1. The van der Waals surface area contributed by atoms with E-state index in [1.165, 1.54) is 6.07 Å². The van der Waals surface area contributed by atoms with Gasteiger partial charge in [-0.25, -0.2) is 4.39 Å². The smallest absolute Gasteiger partial charge is 0.306 e. The summed E-state index contributed by atoms with van der Waals surface area (Å²) >= 11 is 0. The van der Waals surface area contributed by atoms with Crippen molar-refractivity contribution in [3.05, 3.63) is 101 Å². The van der Waals surface area contributed by atoms with Crippen LogP contribution in [0.2, 0.25) is 0 Å². The molecule has 0 fully saturated rings. The Hall–Kier alpha value is -3.67. The van der Waals surface area contributed by atoms with Gasteiger partial charge in [0.1, 0.15) is 11.6 Å². The predicted octanol–water partition coefficient (Wildman–Crippen LogP) is 4.22. The highest BCUT2D eigenvalue weighted by Gasteiger charge is 2.18. The number of hydrogen-bond acceptors (Lipinski definition) is 4. The molecule has 0 aliphatic heterocycles. The highest BCUT2D eigenvalue weighted by molar-refractivity contribution is 5.81. The number of hydrogen-bond donors (Lipinski definition) is 1. The van der Waals surface area contributed by atoms with Crippen molar-refractivity contribution in [2.45, 2.75) is 18.9 Å². The molecular formula is C25H24FNO4.